The van der Waals surface area contributed by atoms with Crippen LogP contribution in [0.4, 0.5) is 0 Å². The summed E-state index contributed by atoms with van der Waals surface area (Å²) >= 11 is 0. The maximum atomic E-state index is 13.4. The summed E-state index contributed by atoms with van der Waals surface area (Å²) in [4.78, 5) is 19.7. The Kier molecular flexibility index (Phi) is 6.03. The highest BCUT2D eigenvalue weighted by molar-refractivity contribution is 7.89. The molecule has 0 saturated carbocycles. The van der Waals surface area contributed by atoms with Gasteiger partial charge in [-0.05, 0) is 68.5 Å². The molecule has 0 bridgehead atoms. The van der Waals surface area contributed by atoms with E-state index < -0.39 is 10.0 Å². The third kappa shape index (κ3) is 4.06. The maximum absolute atomic E-state index is 13.4. The molecule has 0 aliphatic carbocycles. The van der Waals surface area contributed by atoms with Gasteiger partial charge >= 0.3 is 0 Å². The molecule has 1 atom stereocenters. The molecular weight excluding hydrogens is 414 g/mol. The normalized spacial score (nSPS) is 19.7. The molecule has 0 N–H and O–H groups in total. The molecule has 2 aromatic rings. The summed E-state index contributed by atoms with van der Waals surface area (Å²) in [5.41, 5.74) is 2.75. The zero-order valence-corrected chi connectivity index (χ0v) is 19.1. The molecule has 166 valence electrons. The van der Waals surface area contributed by atoms with E-state index in [9.17, 15) is 13.2 Å². The molecule has 2 saturated heterocycles. The van der Waals surface area contributed by atoms with Crippen LogP contribution in [0.25, 0.3) is 0 Å². The van der Waals surface area contributed by atoms with Crippen molar-refractivity contribution in [1.82, 2.24) is 14.2 Å². The number of ether oxygens (including phenoxy) is 1. The minimum Gasteiger partial charge on any atom is -0.496 e. The van der Waals surface area contributed by atoms with Crippen molar-refractivity contribution in [2.75, 3.05) is 33.3 Å². The van der Waals surface area contributed by atoms with Crippen LogP contribution in [0.2, 0.25) is 0 Å². The van der Waals surface area contributed by atoms with E-state index in [1.165, 1.54) is 4.31 Å². The van der Waals surface area contributed by atoms with Gasteiger partial charge in [-0.15, -0.1) is 0 Å². The average Bonchev–Trinajstić information content (AvgIpc) is 3.47. The van der Waals surface area contributed by atoms with Crippen molar-refractivity contribution in [1.29, 1.82) is 0 Å². The molecule has 0 unspecified atom stereocenters. The first-order valence-corrected chi connectivity index (χ1v) is 12.2. The molecule has 2 aliphatic heterocycles. The van der Waals surface area contributed by atoms with Gasteiger partial charge in [0.15, 0.2) is 0 Å². The Labute approximate surface area is 184 Å². The zero-order valence-electron chi connectivity index (χ0n) is 18.3. The van der Waals surface area contributed by atoms with E-state index >= 15 is 0 Å². The van der Waals surface area contributed by atoms with Gasteiger partial charge in [0.05, 0.1) is 23.3 Å². The number of hydrogen-bond donors (Lipinski definition) is 0. The molecule has 1 aromatic carbocycles. The van der Waals surface area contributed by atoms with Crippen LogP contribution >= 0.6 is 0 Å². The van der Waals surface area contributed by atoms with E-state index in [-0.39, 0.29) is 11.8 Å². The third-order valence-corrected chi connectivity index (χ3v) is 8.32. The standard InChI is InChI=1S/C23H29N3O4S/c1-16-14-21(17(2)13-20(16)30-3)31(28,29)26-12-8-18(15-26)22-19(7-6-9-24-22)23(27)25-10-4-5-11-25/h6-7,9,13-14,18H,4-5,8,10-12,15H2,1-3H3/t18-/m1/s1. The highest BCUT2D eigenvalue weighted by Crippen LogP contribution is 2.34. The lowest BCUT2D eigenvalue weighted by Crippen LogP contribution is -2.31. The van der Waals surface area contributed by atoms with Crippen molar-refractivity contribution in [3.05, 3.63) is 52.8 Å². The minimum absolute atomic E-state index is 0.00327. The number of methoxy groups -OCH3 is 1. The Morgan fingerprint density at radius 1 is 1.13 bits per heavy atom. The monoisotopic (exact) mass is 443 g/mol. The number of amides is 1. The number of benzene rings is 1. The fraction of sp³-hybridized carbons (Fsp3) is 0.478. The van der Waals surface area contributed by atoms with Crippen LogP contribution in [0.1, 0.15) is 52.4 Å². The van der Waals surface area contributed by atoms with E-state index in [2.05, 4.69) is 4.98 Å². The molecule has 0 spiro atoms. The van der Waals surface area contributed by atoms with Crippen molar-refractivity contribution < 1.29 is 17.9 Å². The summed E-state index contributed by atoms with van der Waals surface area (Å²) in [6.45, 7) is 5.90. The number of sulfonamides is 1. The summed E-state index contributed by atoms with van der Waals surface area (Å²) in [6.07, 6.45) is 4.38. The van der Waals surface area contributed by atoms with Gasteiger partial charge in [-0.25, -0.2) is 8.42 Å². The topological polar surface area (TPSA) is 79.8 Å². The van der Waals surface area contributed by atoms with Crippen molar-refractivity contribution in [3.8, 4) is 5.75 Å². The van der Waals surface area contributed by atoms with Gasteiger partial charge in [-0.1, -0.05) is 0 Å². The van der Waals surface area contributed by atoms with E-state index in [4.69, 9.17) is 4.74 Å². The lowest BCUT2D eigenvalue weighted by Gasteiger charge is -2.21. The van der Waals surface area contributed by atoms with Crippen LogP contribution in [0.3, 0.4) is 0 Å². The van der Waals surface area contributed by atoms with Crippen LogP contribution in [0.5, 0.6) is 5.75 Å². The second-order valence-electron chi connectivity index (χ2n) is 8.37. The lowest BCUT2D eigenvalue weighted by molar-refractivity contribution is 0.0790. The summed E-state index contributed by atoms with van der Waals surface area (Å²) in [5.74, 6) is 0.579. The molecule has 31 heavy (non-hydrogen) atoms. The average molecular weight is 444 g/mol. The molecule has 2 aliphatic rings. The van der Waals surface area contributed by atoms with Gasteiger partial charge < -0.3 is 9.64 Å². The summed E-state index contributed by atoms with van der Waals surface area (Å²) in [6, 6.07) is 7.04. The number of likely N-dealkylation sites (tertiary alicyclic amines) is 1. The quantitative estimate of drug-likeness (QED) is 0.709. The fourth-order valence-electron chi connectivity index (χ4n) is 4.58. The highest BCUT2D eigenvalue weighted by Gasteiger charge is 2.37. The van der Waals surface area contributed by atoms with Crippen LogP contribution in [-0.4, -0.2) is 61.8 Å². The minimum atomic E-state index is -3.65. The SMILES string of the molecule is COc1cc(C)c(S(=O)(=O)N2CC[C@@H](c3ncccc3C(=O)N3CCCC3)C2)cc1C. The van der Waals surface area contributed by atoms with E-state index in [1.54, 1.807) is 38.4 Å². The molecule has 1 amide bonds. The third-order valence-electron chi connectivity index (χ3n) is 6.31. The number of carbonyl (C=O) groups excluding carboxylic acids is 1. The van der Waals surface area contributed by atoms with Gasteiger partial charge in [0.2, 0.25) is 10.0 Å². The Hall–Kier alpha value is -2.45. The second kappa shape index (κ2) is 8.59. The largest absolute Gasteiger partial charge is 0.496 e. The van der Waals surface area contributed by atoms with Crippen LogP contribution in [-0.2, 0) is 10.0 Å². The Balaban J connectivity index is 1.59. The van der Waals surface area contributed by atoms with Crippen molar-refractivity contribution >= 4 is 15.9 Å². The molecule has 3 heterocycles. The van der Waals surface area contributed by atoms with Crippen molar-refractivity contribution in [3.63, 3.8) is 0 Å². The Morgan fingerprint density at radius 2 is 1.87 bits per heavy atom. The fourth-order valence-corrected chi connectivity index (χ4v) is 6.38. The Morgan fingerprint density at radius 3 is 2.58 bits per heavy atom. The number of aromatic nitrogens is 1. The van der Waals surface area contributed by atoms with E-state index in [0.29, 0.717) is 47.0 Å². The number of hydrogen-bond acceptors (Lipinski definition) is 5. The predicted molar refractivity (Wildman–Crippen MR) is 118 cm³/mol. The smallest absolute Gasteiger partial charge is 0.255 e. The molecule has 1 aromatic heterocycles. The molecule has 8 heteroatoms. The van der Waals surface area contributed by atoms with Crippen molar-refractivity contribution in [2.24, 2.45) is 0 Å². The number of rotatable bonds is 5. The van der Waals surface area contributed by atoms with Gasteiger partial charge in [0.25, 0.3) is 5.91 Å². The predicted octanol–water partition coefficient (Wildman–Crippen LogP) is 3.12. The number of carbonyl (C=O) groups is 1. The first-order chi connectivity index (χ1) is 14.8. The van der Waals surface area contributed by atoms with Crippen LogP contribution in [0.15, 0.2) is 35.4 Å². The van der Waals surface area contributed by atoms with Gasteiger partial charge in [-0.2, -0.15) is 4.31 Å². The highest BCUT2D eigenvalue weighted by atomic mass is 32.2. The summed E-state index contributed by atoms with van der Waals surface area (Å²) in [5, 5.41) is 0. The first-order valence-electron chi connectivity index (χ1n) is 10.7. The van der Waals surface area contributed by atoms with Crippen molar-refractivity contribution in [2.45, 2.75) is 43.9 Å². The van der Waals surface area contributed by atoms with Gasteiger partial charge in [0, 0.05) is 38.3 Å². The van der Waals surface area contributed by atoms with Crippen LogP contribution < -0.4 is 4.74 Å². The summed E-state index contributed by atoms with van der Waals surface area (Å²) < 4.78 is 33.6. The number of pyridine rings is 1. The molecular formula is C23H29N3O4S. The summed E-state index contributed by atoms with van der Waals surface area (Å²) in [7, 11) is -2.07. The van der Waals surface area contributed by atoms with E-state index in [1.807, 2.05) is 17.9 Å². The second-order valence-corrected chi connectivity index (χ2v) is 10.3. The van der Waals surface area contributed by atoms with Gasteiger partial charge in [0.1, 0.15) is 5.75 Å². The maximum Gasteiger partial charge on any atom is 0.255 e. The lowest BCUT2D eigenvalue weighted by atomic mass is 9.98. The number of aryl methyl sites for hydroxylation is 2. The number of nitrogens with zero attached hydrogens (tertiary/aromatic N) is 3. The van der Waals surface area contributed by atoms with Crippen LogP contribution in [0, 0.1) is 13.8 Å². The molecule has 4 rings (SSSR count). The first kappa shape index (κ1) is 21.8. The Bertz CT molecular complexity index is 1090. The zero-order chi connectivity index (χ0) is 22.2. The van der Waals surface area contributed by atoms with E-state index in [0.717, 1.165) is 31.5 Å². The van der Waals surface area contributed by atoms with Gasteiger partial charge in [-0.3, -0.25) is 9.78 Å². The molecule has 7 nitrogen and oxygen atoms in total. The molecule has 0 radical (unpaired) electrons. The molecule has 2 fully saturated rings.